The first-order valence-corrected chi connectivity index (χ1v) is 3.43. The van der Waals surface area contributed by atoms with E-state index in [0.29, 0.717) is 0 Å². The average Bonchev–Trinajstić information content (AvgIpc) is 2.58. The summed E-state index contributed by atoms with van der Waals surface area (Å²) in [5, 5.41) is 3.62. The van der Waals surface area contributed by atoms with Crippen molar-refractivity contribution >= 4 is 12.4 Å². The van der Waals surface area contributed by atoms with Gasteiger partial charge in [-0.05, 0) is 0 Å². The van der Waals surface area contributed by atoms with Gasteiger partial charge in [-0.25, -0.2) is 0 Å². The Hall–Kier alpha value is -1.28. The van der Waals surface area contributed by atoms with Crippen LogP contribution < -0.4 is 0 Å². The lowest BCUT2D eigenvalue weighted by atomic mass is 10.2. The molecule has 2 rings (SSSR count). The highest BCUT2D eigenvalue weighted by molar-refractivity contribution is 5.85. The molecule has 0 amide bonds. The molecule has 0 bridgehead atoms. The Morgan fingerprint density at radius 3 is 2.33 bits per heavy atom. The number of aromatic nitrogens is 1. The fourth-order valence-corrected chi connectivity index (χ4v) is 0.967. The summed E-state index contributed by atoms with van der Waals surface area (Å²) >= 11 is 0. The molecule has 0 N–H and O–H groups in total. The minimum absolute atomic E-state index is 0. The lowest BCUT2D eigenvalue weighted by Crippen LogP contribution is -1.69. The first-order chi connectivity index (χ1) is 5.47. The van der Waals surface area contributed by atoms with Crippen molar-refractivity contribution in [3.63, 3.8) is 0 Å². The highest BCUT2D eigenvalue weighted by Crippen LogP contribution is 2.16. The summed E-state index contributed by atoms with van der Waals surface area (Å²) in [6.07, 6.45) is 1.64. The van der Waals surface area contributed by atoms with Crippen LogP contribution in [-0.4, -0.2) is 5.16 Å². The Bertz CT molecular complexity index is 318. The fraction of sp³-hybridized carbons (Fsp3) is 0. The van der Waals surface area contributed by atoms with E-state index < -0.39 is 0 Å². The molecule has 0 saturated heterocycles. The monoisotopic (exact) mass is 181 g/mol. The van der Waals surface area contributed by atoms with Crippen LogP contribution in [0.5, 0.6) is 0 Å². The SMILES string of the molecule is Cl.c1ccc(-c2ccno2)cc1. The van der Waals surface area contributed by atoms with Gasteiger partial charge >= 0.3 is 0 Å². The van der Waals surface area contributed by atoms with Crippen LogP contribution in [0.15, 0.2) is 47.1 Å². The number of halogens is 1. The Kier molecular flexibility index (Phi) is 2.88. The first kappa shape index (κ1) is 8.81. The van der Waals surface area contributed by atoms with Gasteiger partial charge in [-0.1, -0.05) is 35.5 Å². The molecule has 1 aromatic carbocycles. The maximum Gasteiger partial charge on any atom is 0.166 e. The van der Waals surface area contributed by atoms with Crippen LogP contribution in [0.4, 0.5) is 0 Å². The van der Waals surface area contributed by atoms with E-state index in [2.05, 4.69) is 5.16 Å². The smallest absolute Gasteiger partial charge is 0.166 e. The summed E-state index contributed by atoms with van der Waals surface area (Å²) in [6.45, 7) is 0. The van der Waals surface area contributed by atoms with Crippen LogP contribution in [0, 0.1) is 0 Å². The van der Waals surface area contributed by atoms with Crippen molar-refractivity contribution in [3.05, 3.63) is 42.6 Å². The number of benzene rings is 1. The largest absolute Gasteiger partial charge is 0.356 e. The minimum atomic E-state index is 0. The highest BCUT2D eigenvalue weighted by Gasteiger charge is 1.97. The van der Waals surface area contributed by atoms with Crippen molar-refractivity contribution < 1.29 is 4.52 Å². The Morgan fingerprint density at radius 2 is 1.75 bits per heavy atom. The van der Waals surface area contributed by atoms with E-state index in [1.807, 2.05) is 36.4 Å². The third-order valence-electron chi connectivity index (χ3n) is 1.50. The number of rotatable bonds is 1. The number of nitrogens with zero attached hydrogens (tertiary/aromatic N) is 1. The van der Waals surface area contributed by atoms with Crippen molar-refractivity contribution in [2.45, 2.75) is 0 Å². The van der Waals surface area contributed by atoms with Gasteiger partial charge < -0.3 is 4.52 Å². The van der Waals surface area contributed by atoms with Crippen molar-refractivity contribution in [2.75, 3.05) is 0 Å². The summed E-state index contributed by atoms with van der Waals surface area (Å²) < 4.78 is 4.97. The molecular weight excluding hydrogens is 174 g/mol. The lowest BCUT2D eigenvalue weighted by Gasteiger charge is -1.90. The van der Waals surface area contributed by atoms with E-state index in [1.165, 1.54) is 0 Å². The zero-order chi connectivity index (χ0) is 7.52. The molecule has 1 aromatic heterocycles. The molecule has 0 unspecified atom stereocenters. The quantitative estimate of drug-likeness (QED) is 0.676. The zero-order valence-electron chi connectivity index (χ0n) is 6.31. The van der Waals surface area contributed by atoms with Crippen LogP contribution in [0.25, 0.3) is 11.3 Å². The summed E-state index contributed by atoms with van der Waals surface area (Å²) in [7, 11) is 0. The van der Waals surface area contributed by atoms with Crippen LogP contribution in [0.2, 0.25) is 0 Å². The summed E-state index contributed by atoms with van der Waals surface area (Å²) in [6, 6.07) is 11.7. The molecule has 3 heteroatoms. The van der Waals surface area contributed by atoms with Crippen molar-refractivity contribution in [1.82, 2.24) is 5.16 Å². The molecule has 0 radical (unpaired) electrons. The van der Waals surface area contributed by atoms with Gasteiger partial charge in [0.2, 0.25) is 0 Å². The van der Waals surface area contributed by atoms with E-state index in [0.717, 1.165) is 11.3 Å². The highest BCUT2D eigenvalue weighted by atomic mass is 35.5. The van der Waals surface area contributed by atoms with Crippen LogP contribution >= 0.6 is 12.4 Å². The van der Waals surface area contributed by atoms with Gasteiger partial charge in [0, 0.05) is 11.6 Å². The van der Waals surface area contributed by atoms with Gasteiger partial charge in [0.05, 0.1) is 6.20 Å². The van der Waals surface area contributed by atoms with Crippen LogP contribution in [0.3, 0.4) is 0 Å². The maximum absolute atomic E-state index is 4.97. The molecule has 0 aliphatic heterocycles. The van der Waals surface area contributed by atoms with Crippen LogP contribution in [0.1, 0.15) is 0 Å². The van der Waals surface area contributed by atoms with Gasteiger partial charge in [-0.3, -0.25) is 0 Å². The minimum Gasteiger partial charge on any atom is -0.356 e. The molecule has 0 fully saturated rings. The standard InChI is InChI=1S/C9H7NO.ClH/c1-2-4-8(5-3-1)9-6-7-10-11-9;/h1-7H;1H. The van der Waals surface area contributed by atoms with Crippen molar-refractivity contribution in [2.24, 2.45) is 0 Å². The molecule has 12 heavy (non-hydrogen) atoms. The Labute approximate surface area is 76.6 Å². The zero-order valence-corrected chi connectivity index (χ0v) is 7.12. The molecule has 0 saturated carbocycles. The van der Waals surface area contributed by atoms with Crippen LogP contribution in [-0.2, 0) is 0 Å². The molecule has 1 heterocycles. The molecule has 0 aliphatic rings. The van der Waals surface area contributed by atoms with E-state index in [4.69, 9.17) is 4.52 Å². The van der Waals surface area contributed by atoms with E-state index in [-0.39, 0.29) is 12.4 Å². The normalized spacial score (nSPS) is 9.00. The average molecular weight is 182 g/mol. The first-order valence-electron chi connectivity index (χ1n) is 3.43. The molecule has 0 aliphatic carbocycles. The van der Waals surface area contributed by atoms with Gasteiger partial charge in [0.25, 0.3) is 0 Å². The topological polar surface area (TPSA) is 26.0 Å². The van der Waals surface area contributed by atoms with Gasteiger partial charge in [-0.2, -0.15) is 0 Å². The Morgan fingerprint density at radius 1 is 1.00 bits per heavy atom. The van der Waals surface area contributed by atoms with Gasteiger partial charge in [0.1, 0.15) is 0 Å². The Balaban J connectivity index is 0.000000720. The summed E-state index contributed by atoms with van der Waals surface area (Å²) in [5.41, 5.74) is 1.06. The van der Waals surface area contributed by atoms with Gasteiger partial charge in [-0.15, -0.1) is 12.4 Å². The number of hydrogen-bond donors (Lipinski definition) is 0. The van der Waals surface area contributed by atoms with Crippen molar-refractivity contribution in [1.29, 1.82) is 0 Å². The third kappa shape index (κ3) is 1.66. The predicted molar refractivity (Wildman–Crippen MR) is 49.2 cm³/mol. The van der Waals surface area contributed by atoms with Gasteiger partial charge in [0.15, 0.2) is 5.76 Å². The lowest BCUT2D eigenvalue weighted by molar-refractivity contribution is 0.432. The molecule has 2 aromatic rings. The molecule has 2 nitrogen and oxygen atoms in total. The predicted octanol–water partition coefficient (Wildman–Crippen LogP) is 2.76. The van der Waals surface area contributed by atoms with E-state index in [9.17, 15) is 0 Å². The third-order valence-corrected chi connectivity index (χ3v) is 1.50. The second-order valence-corrected chi connectivity index (χ2v) is 2.24. The number of hydrogen-bond acceptors (Lipinski definition) is 2. The van der Waals surface area contributed by atoms with E-state index in [1.54, 1.807) is 6.20 Å². The molecule has 0 spiro atoms. The second-order valence-electron chi connectivity index (χ2n) is 2.24. The molecular formula is C9H8ClNO. The molecule has 62 valence electrons. The summed E-state index contributed by atoms with van der Waals surface area (Å²) in [5.74, 6) is 0.811. The maximum atomic E-state index is 4.97. The second kappa shape index (κ2) is 3.93. The van der Waals surface area contributed by atoms with Crippen molar-refractivity contribution in [3.8, 4) is 11.3 Å². The van der Waals surface area contributed by atoms with E-state index >= 15 is 0 Å². The molecule has 0 atom stereocenters. The summed E-state index contributed by atoms with van der Waals surface area (Å²) in [4.78, 5) is 0. The fourth-order valence-electron chi connectivity index (χ4n) is 0.967.